The van der Waals surface area contributed by atoms with Crippen LogP contribution in [0.1, 0.15) is 37.2 Å². The lowest BCUT2D eigenvalue weighted by molar-refractivity contribution is -0.141. The topological polar surface area (TPSA) is 66.3 Å². The molecule has 2 heterocycles. The number of hydrogen-bond donors (Lipinski definition) is 1. The molecule has 2 fully saturated rings. The van der Waals surface area contributed by atoms with Crippen molar-refractivity contribution in [3.8, 4) is 11.1 Å². The third kappa shape index (κ3) is 3.11. The first kappa shape index (κ1) is 17.2. The van der Waals surface area contributed by atoms with E-state index in [4.69, 9.17) is 0 Å². The molecule has 3 aromatic rings. The molecule has 2 aromatic carbocycles. The van der Waals surface area contributed by atoms with Gasteiger partial charge in [0.25, 0.3) is 0 Å². The van der Waals surface area contributed by atoms with Crippen LogP contribution in [-0.2, 0) is 4.79 Å². The van der Waals surface area contributed by atoms with Gasteiger partial charge in [-0.3, -0.25) is 4.79 Å². The first-order chi connectivity index (χ1) is 13.7. The molecule has 5 rings (SSSR count). The van der Waals surface area contributed by atoms with Crippen molar-refractivity contribution in [2.45, 2.75) is 31.6 Å². The number of piperidine rings is 1. The average molecular weight is 373 g/mol. The smallest absolute Gasteiger partial charge is 0.308 e. The van der Waals surface area contributed by atoms with Crippen molar-refractivity contribution >= 4 is 22.7 Å². The Morgan fingerprint density at radius 1 is 1.04 bits per heavy atom. The predicted octanol–water partition coefficient (Wildman–Crippen LogP) is 4.48. The minimum Gasteiger partial charge on any atom is -0.481 e. The third-order valence-corrected chi connectivity index (χ3v) is 5.98. The Hall–Kier alpha value is -2.95. The third-order valence-electron chi connectivity index (χ3n) is 5.98. The molecule has 0 bridgehead atoms. The fourth-order valence-corrected chi connectivity index (χ4v) is 4.30. The molecule has 1 atom stereocenters. The Labute approximate surface area is 164 Å². The molecule has 28 heavy (non-hydrogen) atoms. The molecule has 0 amide bonds. The van der Waals surface area contributed by atoms with Crippen LogP contribution in [0.5, 0.6) is 0 Å². The number of carbonyl (C=O) groups is 1. The quantitative estimate of drug-likeness (QED) is 0.731. The van der Waals surface area contributed by atoms with Gasteiger partial charge < -0.3 is 10.0 Å². The standard InChI is InChI=1S/C23H23N3O2/c27-23(28)18-3-2-12-26(13-18)22-21-19(4-1-5-20(21)24-14-25-22)17-10-8-16(9-11-17)15-6-7-15/h1,4-5,8-11,14-15,18H,2-3,6-7,12-13H2,(H,27,28)/t18-/m0/s1. The van der Waals surface area contributed by atoms with Crippen molar-refractivity contribution in [2.24, 2.45) is 5.92 Å². The fourth-order valence-electron chi connectivity index (χ4n) is 4.30. The second kappa shape index (κ2) is 6.89. The summed E-state index contributed by atoms with van der Waals surface area (Å²) < 4.78 is 0. The number of nitrogens with zero attached hydrogens (tertiary/aromatic N) is 3. The molecule has 0 radical (unpaired) electrons. The maximum atomic E-state index is 11.5. The van der Waals surface area contributed by atoms with E-state index < -0.39 is 5.97 Å². The number of carboxylic acid groups (broad SMARTS) is 1. The van der Waals surface area contributed by atoms with Crippen LogP contribution in [0.4, 0.5) is 5.82 Å². The molecule has 2 aliphatic rings. The van der Waals surface area contributed by atoms with Crippen molar-refractivity contribution in [2.75, 3.05) is 18.0 Å². The molecule has 1 aliphatic carbocycles. The van der Waals surface area contributed by atoms with Crippen molar-refractivity contribution in [1.29, 1.82) is 0 Å². The zero-order valence-corrected chi connectivity index (χ0v) is 15.7. The monoisotopic (exact) mass is 373 g/mol. The molecule has 1 N–H and O–H groups in total. The summed E-state index contributed by atoms with van der Waals surface area (Å²) in [6, 6.07) is 15.0. The molecule has 5 heteroatoms. The highest BCUT2D eigenvalue weighted by molar-refractivity contribution is 6.02. The van der Waals surface area contributed by atoms with Crippen molar-refractivity contribution in [1.82, 2.24) is 9.97 Å². The molecule has 0 spiro atoms. The van der Waals surface area contributed by atoms with Crippen LogP contribution in [0, 0.1) is 5.92 Å². The number of hydrogen-bond acceptors (Lipinski definition) is 4. The zero-order valence-electron chi connectivity index (χ0n) is 15.7. The summed E-state index contributed by atoms with van der Waals surface area (Å²) in [6.07, 6.45) is 5.77. The van der Waals surface area contributed by atoms with Gasteiger partial charge in [0.1, 0.15) is 12.1 Å². The van der Waals surface area contributed by atoms with Crippen LogP contribution in [0.15, 0.2) is 48.8 Å². The highest BCUT2D eigenvalue weighted by Gasteiger charge is 2.28. The lowest BCUT2D eigenvalue weighted by atomic mass is 9.96. The lowest BCUT2D eigenvalue weighted by Gasteiger charge is -2.32. The number of benzene rings is 2. The molecule has 1 aromatic heterocycles. The minimum atomic E-state index is -0.723. The second-order valence-electron chi connectivity index (χ2n) is 7.92. The van der Waals surface area contributed by atoms with Crippen molar-refractivity contribution < 1.29 is 9.90 Å². The predicted molar refractivity (Wildman–Crippen MR) is 110 cm³/mol. The Morgan fingerprint density at radius 2 is 1.86 bits per heavy atom. The highest BCUT2D eigenvalue weighted by atomic mass is 16.4. The summed E-state index contributed by atoms with van der Waals surface area (Å²) in [6.45, 7) is 1.32. The summed E-state index contributed by atoms with van der Waals surface area (Å²) in [7, 11) is 0. The molecular formula is C23H23N3O2. The van der Waals surface area contributed by atoms with E-state index in [2.05, 4.69) is 45.2 Å². The van der Waals surface area contributed by atoms with Crippen LogP contribution in [0.2, 0.25) is 0 Å². The first-order valence-corrected chi connectivity index (χ1v) is 10.0. The average Bonchev–Trinajstić information content (AvgIpc) is 3.58. The van der Waals surface area contributed by atoms with E-state index in [1.54, 1.807) is 6.33 Å². The number of fused-ring (bicyclic) bond motifs is 1. The Morgan fingerprint density at radius 3 is 2.61 bits per heavy atom. The van der Waals surface area contributed by atoms with E-state index in [1.165, 1.54) is 18.4 Å². The number of rotatable bonds is 4. The Bertz CT molecular complexity index is 1020. The molecule has 5 nitrogen and oxygen atoms in total. The van der Waals surface area contributed by atoms with Gasteiger partial charge in [0.2, 0.25) is 0 Å². The largest absolute Gasteiger partial charge is 0.481 e. The van der Waals surface area contributed by atoms with Gasteiger partial charge in [-0.15, -0.1) is 0 Å². The van der Waals surface area contributed by atoms with E-state index in [0.29, 0.717) is 6.54 Å². The molecule has 142 valence electrons. The highest BCUT2D eigenvalue weighted by Crippen LogP contribution is 2.41. The molecule has 1 saturated heterocycles. The van der Waals surface area contributed by atoms with Crippen LogP contribution in [0.3, 0.4) is 0 Å². The van der Waals surface area contributed by atoms with Gasteiger partial charge in [0.15, 0.2) is 0 Å². The van der Waals surface area contributed by atoms with Gasteiger partial charge in [-0.05, 0) is 54.4 Å². The maximum Gasteiger partial charge on any atom is 0.308 e. The van der Waals surface area contributed by atoms with Gasteiger partial charge >= 0.3 is 5.97 Å². The van der Waals surface area contributed by atoms with Gasteiger partial charge in [-0.25, -0.2) is 9.97 Å². The van der Waals surface area contributed by atoms with E-state index >= 15 is 0 Å². The number of anilines is 1. The summed E-state index contributed by atoms with van der Waals surface area (Å²) in [4.78, 5) is 22.7. The van der Waals surface area contributed by atoms with Crippen LogP contribution in [-0.4, -0.2) is 34.1 Å². The van der Waals surface area contributed by atoms with Gasteiger partial charge in [-0.2, -0.15) is 0 Å². The molecular weight excluding hydrogens is 350 g/mol. The van der Waals surface area contributed by atoms with E-state index in [-0.39, 0.29) is 5.92 Å². The Kier molecular flexibility index (Phi) is 4.23. The summed E-state index contributed by atoms with van der Waals surface area (Å²) in [5, 5.41) is 10.5. The minimum absolute atomic E-state index is 0.344. The fraction of sp³-hybridized carbons (Fsp3) is 0.348. The van der Waals surface area contributed by atoms with Crippen molar-refractivity contribution in [3.05, 3.63) is 54.4 Å². The first-order valence-electron chi connectivity index (χ1n) is 10.0. The maximum absolute atomic E-state index is 11.5. The SMILES string of the molecule is O=C(O)[C@H]1CCCN(c2ncnc3cccc(-c4ccc(C5CC5)cc4)c23)C1. The zero-order chi connectivity index (χ0) is 19.1. The molecule has 1 saturated carbocycles. The summed E-state index contributed by atoms with van der Waals surface area (Å²) in [5.74, 6) is 0.516. The van der Waals surface area contributed by atoms with E-state index in [9.17, 15) is 9.90 Å². The summed E-state index contributed by atoms with van der Waals surface area (Å²) in [5.41, 5.74) is 4.57. The number of carboxylic acids is 1. The second-order valence-corrected chi connectivity index (χ2v) is 7.92. The van der Waals surface area contributed by atoms with Crippen LogP contribution >= 0.6 is 0 Å². The van der Waals surface area contributed by atoms with E-state index in [0.717, 1.165) is 53.2 Å². The molecule has 0 unspecified atom stereocenters. The number of aromatic nitrogens is 2. The van der Waals surface area contributed by atoms with Crippen molar-refractivity contribution in [3.63, 3.8) is 0 Å². The molecule has 1 aliphatic heterocycles. The van der Waals surface area contributed by atoms with Crippen LogP contribution < -0.4 is 4.90 Å². The summed E-state index contributed by atoms with van der Waals surface area (Å²) >= 11 is 0. The van der Waals surface area contributed by atoms with Crippen LogP contribution in [0.25, 0.3) is 22.0 Å². The number of aliphatic carboxylic acids is 1. The van der Waals surface area contributed by atoms with Gasteiger partial charge in [0.05, 0.1) is 16.8 Å². The van der Waals surface area contributed by atoms with E-state index in [1.807, 2.05) is 12.1 Å². The van der Waals surface area contributed by atoms with Gasteiger partial charge in [0, 0.05) is 13.1 Å². The Balaban J connectivity index is 1.59. The normalized spacial score (nSPS) is 19.7. The van der Waals surface area contributed by atoms with Gasteiger partial charge in [-0.1, -0.05) is 36.4 Å². The lowest BCUT2D eigenvalue weighted by Crippen LogP contribution is -2.39.